The second-order valence-corrected chi connectivity index (χ2v) is 9.87. The van der Waals surface area contributed by atoms with Gasteiger partial charge >= 0.3 is 0 Å². The molecule has 3 rings (SSSR count). The molecule has 0 spiro atoms. The molecular formula is C26H32ClFN2O. The Hall–Kier alpha value is -2.25. The van der Waals surface area contributed by atoms with Crippen LogP contribution in [0.3, 0.4) is 0 Å². The van der Waals surface area contributed by atoms with E-state index < -0.39 is 5.41 Å². The molecule has 1 fully saturated rings. The van der Waals surface area contributed by atoms with E-state index in [9.17, 15) is 9.65 Å². The largest absolute Gasteiger partial charge is 0.487 e. The maximum absolute atomic E-state index is 13.2. The van der Waals surface area contributed by atoms with Crippen LogP contribution in [0.25, 0.3) is 0 Å². The molecule has 1 atom stereocenters. The van der Waals surface area contributed by atoms with E-state index in [0.717, 1.165) is 62.2 Å². The van der Waals surface area contributed by atoms with Crippen LogP contribution in [0.2, 0.25) is 0 Å². The fourth-order valence-corrected chi connectivity index (χ4v) is 4.57. The number of benzene rings is 1. The molecule has 1 aliphatic carbocycles. The number of hydrogen-bond acceptors (Lipinski definition) is 3. The first-order valence-electron chi connectivity index (χ1n) is 11.1. The van der Waals surface area contributed by atoms with Crippen LogP contribution in [0.5, 0.6) is 0 Å². The van der Waals surface area contributed by atoms with E-state index in [2.05, 4.69) is 36.6 Å². The molecular weight excluding hydrogens is 411 g/mol. The lowest BCUT2D eigenvalue weighted by Gasteiger charge is -2.39. The van der Waals surface area contributed by atoms with E-state index >= 15 is 0 Å². The molecule has 1 unspecified atom stereocenters. The normalized spacial score (nSPS) is 22.9. The van der Waals surface area contributed by atoms with Crippen molar-refractivity contribution < 1.29 is 9.13 Å². The lowest BCUT2D eigenvalue weighted by molar-refractivity contribution is 0.145. The van der Waals surface area contributed by atoms with Gasteiger partial charge in [0.2, 0.25) is 0 Å². The molecule has 31 heavy (non-hydrogen) atoms. The molecule has 0 aromatic heterocycles. The van der Waals surface area contributed by atoms with Gasteiger partial charge in [-0.1, -0.05) is 38.1 Å². The summed E-state index contributed by atoms with van der Waals surface area (Å²) in [5.74, 6) is 0.669. The number of alkyl halides is 1. The Balaban J connectivity index is 1.54. The summed E-state index contributed by atoms with van der Waals surface area (Å²) in [5, 5.41) is 9.86. The van der Waals surface area contributed by atoms with E-state index in [4.69, 9.17) is 16.3 Å². The number of allylic oxidation sites excluding steroid dienone is 3. The monoisotopic (exact) mass is 442 g/mol. The topological polar surface area (TPSA) is 36.3 Å². The summed E-state index contributed by atoms with van der Waals surface area (Å²) < 4.78 is 19.3. The minimum absolute atomic E-state index is 0.249. The lowest BCUT2D eigenvalue weighted by atomic mass is 9.75. The fourth-order valence-electron chi connectivity index (χ4n) is 4.36. The Morgan fingerprint density at radius 2 is 1.97 bits per heavy atom. The Kier molecular flexibility index (Phi) is 7.49. The summed E-state index contributed by atoms with van der Waals surface area (Å²) in [6.07, 6.45) is 9.10. The predicted molar refractivity (Wildman–Crippen MR) is 124 cm³/mol. The summed E-state index contributed by atoms with van der Waals surface area (Å²) in [6, 6.07) is 9.02. The first-order chi connectivity index (χ1) is 14.8. The van der Waals surface area contributed by atoms with E-state index in [1.807, 2.05) is 6.92 Å². The Morgan fingerprint density at radius 3 is 2.58 bits per heavy atom. The maximum Gasteiger partial charge on any atom is 0.127 e. The van der Waals surface area contributed by atoms with Gasteiger partial charge in [-0.05, 0) is 68.4 Å². The quantitative estimate of drug-likeness (QED) is 0.430. The highest BCUT2D eigenvalue weighted by atomic mass is 35.5. The molecule has 2 aliphatic rings. The highest BCUT2D eigenvalue weighted by Gasteiger charge is 2.35. The van der Waals surface area contributed by atoms with Gasteiger partial charge in [-0.3, -0.25) is 0 Å². The fraction of sp³-hybridized carbons (Fsp3) is 0.500. The number of halogens is 2. The zero-order valence-corrected chi connectivity index (χ0v) is 19.3. The van der Waals surface area contributed by atoms with Crippen LogP contribution in [-0.4, -0.2) is 29.5 Å². The molecule has 1 aliphatic heterocycles. The minimum Gasteiger partial charge on any atom is -0.487 e. The highest BCUT2D eigenvalue weighted by Crippen LogP contribution is 2.36. The smallest absolute Gasteiger partial charge is 0.127 e. The van der Waals surface area contributed by atoms with E-state index in [1.54, 1.807) is 12.1 Å². The molecule has 1 aromatic rings. The van der Waals surface area contributed by atoms with Crippen molar-refractivity contribution in [3.8, 4) is 6.07 Å². The van der Waals surface area contributed by atoms with Crippen LogP contribution in [0.4, 0.5) is 4.39 Å². The first kappa shape index (κ1) is 23.4. The first-order valence-corrected chi connectivity index (χ1v) is 11.5. The number of hydrogen-bond donors (Lipinski definition) is 0. The number of nitrogens with zero attached hydrogens (tertiary/aromatic N) is 2. The highest BCUT2D eigenvalue weighted by molar-refractivity contribution is 6.25. The van der Waals surface area contributed by atoms with Crippen molar-refractivity contribution in [2.24, 2.45) is 5.41 Å². The zero-order chi connectivity index (χ0) is 22.5. The van der Waals surface area contributed by atoms with Gasteiger partial charge in [0.05, 0.1) is 16.4 Å². The van der Waals surface area contributed by atoms with Crippen molar-refractivity contribution in [3.63, 3.8) is 0 Å². The van der Waals surface area contributed by atoms with Crippen LogP contribution in [0, 0.1) is 22.6 Å². The van der Waals surface area contributed by atoms with Crippen LogP contribution in [-0.2, 0) is 11.2 Å². The third-order valence-electron chi connectivity index (χ3n) is 6.25. The molecule has 1 heterocycles. The molecule has 3 nitrogen and oxygen atoms in total. The van der Waals surface area contributed by atoms with Crippen LogP contribution < -0.4 is 0 Å². The summed E-state index contributed by atoms with van der Waals surface area (Å²) in [6.45, 7) is 10.4. The standard InChI is InChI=1S/C26H32ClFN2O/c1-4-5-22-17-25(3,27)11-10-24(22)31-18-20(2)30-14-12-26(19-29,13-15-30)16-21-6-8-23(28)9-7-21/h6-10,17H,2,4-5,11-16,18H2,1,3H3. The Bertz CT molecular complexity index is 887. The predicted octanol–water partition coefficient (Wildman–Crippen LogP) is 6.52. The van der Waals surface area contributed by atoms with Gasteiger partial charge in [0.1, 0.15) is 18.2 Å². The van der Waals surface area contributed by atoms with Gasteiger partial charge in [-0.25, -0.2) is 4.39 Å². The van der Waals surface area contributed by atoms with Crippen molar-refractivity contribution >= 4 is 11.6 Å². The van der Waals surface area contributed by atoms with E-state index in [1.165, 1.54) is 17.7 Å². The lowest BCUT2D eigenvalue weighted by Crippen LogP contribution is -2.40. The number of piperidine rings is 1. The maximum atomic E-state index is 13.2. The summed E-state index contributed by atoms with van der Waals surface area (Å²) in [4.78, 5) is 1.88. The van der Waals surface area contributed by atoms with Gasteiger partial charge < -0.3 is 9.64 Å². The molecule has 0 amide bonds. The van der Waals surface area contributed by atoms with Gasteiger partial charge in [0, 0.05) is 18.8 Å². The van der Waals surface area contributed by atoms with Gasteiger partial charge in [-0.2, -0.15) is 5.26 Å². The zero-order valence-electron chi connectivity index (χ0n) is 18.6. The molecule has 0 N–H and O–H groups in total. The SMILES string of the molecule is C=C(COC1=CCC(C)(Cl)C=C1CCC)N1CCC(C#N)(Cc2ccc(F)cc2)CC1. The van der Waals surface area contributed by atoms with Crippen molar-refractivity contribution in [1.82, 2.24) is 4.90 Å². The third kappa shape index (κ3) is 6.14. The van der Waals surface area contributed by atoms with Crippen molar-refractivity contribution in [3.05, 3.63) is 71.4 Å². The van der Waals surface area contributed by atoms with Gasteiger partial charge in [0.15, 0.2) is 0 Å². The van der Waals surface area contributed by atoms with Crippen LogP contribution >= 0.6 is 11.6 Å². The summed E-state index contributed by atoms with van der Waals surface area (Å²) in [7, 11) is 0. The number of rotatable bonds is 8. The second-order valence-electron chi connectivity index (χ2n) is 9.01. The molecule has 1 saturated heterocycles. The van der Waals surface area contributed by atoms with Crippen LogP contribution in [0.1, 0.15) is 51.5 Å². The van der Waals surface area contributed by atoms with Crippen molar-refractivity contribution in [2.45, 2.75) is 57.2 Å². The number of likely N-dealkylation sites (tertiary alicyclic amines) is 1. The number of nitriles is 1. The van der Waals surface area contributed by atoms with Crippen molar-refractivity contribution in [2.75, 3.05) is 19.7 Å². The van der Waals surface area contributed by atoms with Gasteiger partial charge in [-0.15, -0.1) is 11.6 Å². The van der Waals surface area contributed by atoms with E-state index in [-0.39, 0.29) is 10.7 Å². The molecule has 5 heteroatoms. The average Bonchev–Trinajstić information content (AvgIpc) is 2.75. The molecule has 0 bridgehead atoms. The molecule has 166 valence electrons. The summed E-state index contributed by atoms with van der Waals surface area (Å²) in [5.41, 5.74) is 2.69. The molecule has 1 aromatic carbocycles. The third-order valence-corrected chi connectivity index (χ3v) is 6.52. The molecule has 0 radical (unpaired) electrons. The van der Waals surface area contributed by atoms with Crippen molar-refractivity contribution in [1.29, 1.82) is 5.26 Å². The Labute approximate surface area is 190 Å². The Morgan fingerprint density at radius 1 is 1.29 bits per heavy atom. The summed E-state index contributed by atoms with van der Waals surface area (Å²) >= 11 is 6.51. The molecule has 0 saturated carbocycles. The van der Waals surface area contributed by atoms with Gasteiger partial charge in [0.25, 0.3) is 0 Å². The average molecular weight is 443 g/mol. The minimum atomic E-state index is -0.413. The van der Waals surface area contributed by atoms with Crippen LogP contribution in [0.15, 0.2) is 60.0 Å². The van der Waals surface area contributed by atoms with E-state index in [0.29, 0.717) is 13.0 Å². The number of ether oxygens (including phenoxy) is 1. The second kappa shape index (κ2) is 9.92.